The van der Waals surface area contributed by atoms with Gasteiger partial charge in [-0.2, -0.15) is 11.1 Å². The zero-order valence-electron chi connectivity index (χ0n) is 22.7. The third kappa shape index (κ3) is 34.0. The van der Waals surface area contributed by atoms with Crippen molar-refractivity contribution in [3.8, 4) is 0 Å². The molecular weight excluding hydrogens is 557 g/mol. The number of ketones is 2. The number of ether oxygens (including phenoxy) is 1. The monoisotopic (exact) mass is 605 g/mol. The molecule has 0 aromatic carbocycles. The van der Waals surface area contributed by atoms with Gasteiger partial charge in [0.15, 0.2) is 0 Å². The number of carbonyl (C=O) groups is 5. The van der Waals surface area contributed by atoms with Gasteiger partial charge in [-0.05, 0) is 38.7 Å². The molecule has 1 amide bonds. The molecular formula is C24H49Cl2N3O8Si. The van der Waals surface area contributed by atoms with Gasteiger partial charge in [0.05, 0.1) is 19.5 Å². The summed E-state index contributed by atoms with van der Waals surface area (Å²) in [7, 11) is 0.356. The van der Waals surface area contributed by atoms with Gasteiger partial charge in [-0.3, -0.25) is 19.2 Å². The Morgan fingerprint density at radius 2 is 1.50 bits per heavy atom. The molecule has 38 heavy (non-hydrogen) atoms. The predicted molar refractivity (Wildman–Crippen MR) is 157 cm³/mol. The number of rotatable bonds is 7. The van der Waals surface area contributed by atoms with E-state index in [4.69, 9.17) is 31.8 Å². The van der Waals surface area contributed by atoms with Crippen LogP contribution in [0.3, 0.4) is 0 Å². The van der Waals surface area contributed by atoms with Crippen molar-refractivity contribution in [1.29, 1.82) is 0 Å². The van der Waals surface area contributed by atoms with Crippen molar-refractivity contribution in [1.82, 2.24) is 5.32 Å². The maximum absolute atomic E-state index is 12.3. The van der Waals surface area contributed by atoms with Crippen LogP contribution in [0.5, 0.6) is 0 Å². The van der Waals surface area contributed by atoms with E-state index in [2.05, 4.69) is 30.7 Å². The van der Waals surface area contributed by atoms with Crippen molar-refractivity contribution in [2.75, 3.05) is 20.1 Å². The molecule has 226 valence electrons. The molecule has 0 saturated carbocycles. The Morgan fingerprint density at radius 3 is 1.84 bits per heavy atom. The number of carbonyl (C=O) groups excluding carboxylic acids is 3. The van der Waals surface area contributed by atoms with Gasteiger partial charge in [-0.25, -0.2) is 4.79 Å². The molecule has 0 spiro atoms. The first-order valence-electron chi connectivity index (χ1n) is 11.5. The van der Waals surface area contributed by atoms with E-state index in [0.29, 0.717) is 25.7 Å². The molecule has 7 N–H and O–H groups in total. The van der Waals surface area contributed by atoms with E-state index >= 15 is 0 Å². The van der Waals surface area contributed by atoms with Gasteiger partial charge in [-0.15, -0.1) is 12.4 Å². The maximum Gasteiger partial charge on any atom is 0.407 e. The number of allylic oxidation sites excluding steroid dienone is 1. The summed E-state index contributed by atoms with van der Waals surface area (Å²) in [6, 6.07) is 0. The molecule has 0 heterocycles. The number of hydrogen-bond acceptors (Lipinski definition) is 8. The number of carboxylic acid groups (broad SMARTS) is 2. The quantitative estimate of drug-likeness (QED) is 0.160. The van der Waals surface area contributed by atoms with Crippen LogP contribution in [0.1, 0.15) is 59.8 Å². The van der Waals surface area contributed by atoms with E-state index < -0.39 is 30.8 Å². The van der Waals surface area contributed by atoms with Crippen LogP contribution in [-0.4, -0.2) is 73.4 Å². The van der Waals surface area contributed by atoms with E-state index in [1.165, 1.54) is 14.0 Å². The number of carboxylic acids is 2. The first kappa shape index (κ1) is 45.9. The summed E-state index contributed by atoms with van der Waals surface area (Å²) >= 11 is 5.67. The van der Waals surface area contributed by atoms with Crippen LogP contribution < -0.4 is 16.8 Å². The lowest BCUT2D eigenvalue weighted by molar-refractivity contribution is -0.140. The Bertz CT molecular complexity index is 714. The normalized spacial score (nSPS) is 18.5. The Morgan fingerprint density at radius 1 is 1.05 bits per heavy atom. The van der Waals surface area contributed by atoms with Crippen molar-refractivity contribution < 1.29 is 38.9 Å². The van der Waals surface area contributed by atoms with Gasteiger partial charge >= 0.3 is 18.0 Å². The molecule has 0 saturated heterocycles. The molecule has 0 radical (unpaired) electrons. The van der Waals surface area contributed by atoms with Crippen molar-refractivity contribution in [2.24, 2.45) is 16.9 Å². The van der Waals surface area contributed by atoms with Crippen LogP contribution in [0.2, 0.25) is 19.6 Å². The number of hydrogen-bond donors (Lipinski definition) is 5. The summed E-state index contributed by atoms with van der Waals surface area (Å²) in [5.41, 5.74) is 8.84. The highest BCUT2D eigenvalue weighted by Gasteiger charge is 2.33. The summed E-state index contributed by atoms with van der Waals surface area (Å²) in [6.07, 6.45) is 5.36. The number of alkyl carbamates (subject to hydrolysis) is 1. The van der Waals surface area contributed by atoms with Gasteiger partial charge in [-0.1, -0.05) is 40.1 Å². The SMILES string of the molecule is C.CC(=O)CN.CNC(=O)O[C@H]1/C=C/CC[C@@](C)(C(=O)CCC(=O)O)CC1.C[Si](C)(C)Cl.Cl.NCC(=O)O. The molecule has 1 rings (SSSR count). The molecule has 0 aliphatic heterocycles. The summed E-state index contributed by atoms with van der Waals surface area (Å²) in [5.74, 6) is -1.92. The number of Topliss-reactive ketones (excluding diaryl/α,β-unsaturated/α-hetero) is 2. The van der Waals surface area contributed by atoms with E-state index in [-0.39, 0.29) is 63.4 Å². The van der Waals surface area contributed by atoms with Crippen LogP contribution in [0.4, 0.5) is 4.79 Å². The molecule has 14 heteroatoms. The highest BCUT2D eigenvalue weighted by atomic mass is 35.6. The van der Waals surface area contributed by atoms with Crippen molar-refractivity contribution >= 4 is 60.5 Å². The number of nitrogens with two attached hydrogens (primary N) is 2. The van der Waals surface area contributed by atoms with Crippen LogP contribution in [0.15, 0.2) is 12.2 Å². The fourth-order valence-corrected chi connectivity index (χ4v) is 2.43. The Kier molecular flexibility index (Phi) is 30.5. The topological polar surface area (TPSA) is 199 Å². The molecule has 1 aliphatic rings. The fourth-order valence-electron chi connectivity index (χ4n) is 2.43. The lowest BCUT2D eigenvalue weighted by Gasteiger charge is -2.30. The molecule has 0 aromatic rings. The summed E-state index contributed by atoms with van der Waals surface area (Å²) in [5, 5.41) is 18.7. The summed E-state index contributed by atoms with van der Waals surface area (Å²) in [4.78, 5) is 53.0. The van der Waals surface area contributed by atoms with Gasteiger partial charge in [0.25, 0.3) is 0 Å². The smallest absolute Gasteiger partial charge is 0.407 e. The first-order valence-corrected chi connectivity index (χ1v) is 16.0. The summed E-state index contributed by atoms with van der Waals surface area (Å²) in [6.45, 7) is 9.49. The lowest BCUT2D eigenvalue weighted by Crippen LogP contribution is -2.32. The highest BCUT2D eigenvalue weighted by Crippen LogP contribution is 2.34. The molecule has 0 unspecified atom stereocenters. The van der Waals surface area contributed by atoms with Crippen LogP contribution in [0.25, 0.3) is 0 Å². The third-order valence-electron chi connectivity index (χ3n) is 4.36. The predicted octanol–water partition coefficient (Wildman–Crippen LogP) is 3.96. The molecule has 2 atom stereocenters. The zero-order chi connectivity index (χ0) is 28.9. The second-order valence-corrected chi connectivity index (χ2v) is 16.7. The molecule has 0 fully saturated rings. The minimum Gasteiger partial charge on any atom is -0.481 e. The third-order valence-corrected chi connectivity index (χ3v) is 4.36. The Labute approximate surface area is 239 Å². The Balaban J connectivity index is -0.000000176. The average molecular weight is 607 g/mol. The lowest BCUT2D eigenvalue weighted by atomic mass is 9.74. The van der Waals surface area contributed by atoms with Gasteiger partial charge in [0.2, 0.25) is 0 Å². The second-order valence-electron chi connectivity index (χ2n) is 9.15. The van der Waals surface area contributed by atoms with Gasteiger partial charge in [0.1, 0.15) is 25.1 Å². The largest absolute Gasteiger partial charge is 0.481 e. The molecule has 1 aliphatic carbocycles. The van der Waals surface area contributed by atoms with E-state index in [9.17, 15) is 24.0 Å². The number of nitrogens with one attached hydrogen (secondary N) is 1. The molecule has 0 bridgehead atoms. The standard InChI is InChI=1S/C15H23NO5.C3H9ClSi.C3H7NO.C2H5NO2.CH4.ClH/c1-15(12(17)6-7-13(18)19)9-4-3-5-11(8-10-15)21-14(20)16-2;1-5(2,3)4;1-3(5)2-4;3-1-2(4)5;;/h3,5,11H,4,6-10H2,1-2H3,(H,16,20)(H,18,19);1-3H3;2,4H2,1H3;1,3H2,(H,4,5);1H4;1H/b5-3+;;;;;/t11-,15+;;;;;/m0...../s1. The Hall–Kier alpha value is -1.99. The fraction of sp³-hybridized carbons (Fsp3) is 0.708. The van der Waals surface area contributed by atoms with E-state index in [1.54, 1.807) is 0 Å². The van der Waals surface area contributed by atoms with Gasteiger partial charge < -0.3 is 31.7 Å². The first-order chi connectivity index (χ1) is 16.4. The van der Waals surface area contributed by atoms with Gasteiger partial charge in [0, 0.05) is 18.9 Å². The van der Waals surface area contributed by atoms with E-state index in [0.717, 1.165) is 0 Å². The minimum atomic E-state index is -1.14. The zero-order valence-corrected chi connectivity index (χ0v) is 25.2. The maximum atomic E-state index is 12.3. The van der Waals surface area contributed by atoms with Crippen molar-refractivity contribution in [2.45, 2.75) is 85.5 Å². The minimum absolute atomic E-state index is 0. The highest BCUT2D eigenvalue weighted by molar-refractivity contribution is 7.18. The van der Waals surface area contributed by atoms with Crippen LogP contribution in [-0.2, 0) is 23.9 Å². The van der Waals surface area contributed by atoms with Crippen LogP contribution in [0, 0.1) is 5.41 Å². The number of amides is 1. The van der Waals surface area contributed by atoms with Crippen molar-refractivity contribution in [3.05, 3.63) is 12.2 Å². The van der Waals surface area contributed by atoms with E-state index in [1.807, 2.05) is 19.1 Å². The average Bonchev–Trinajstić information content (AvgIpc) is 2.76. The summed E-state index contributed by atoms with van der Waals surface area (Å²) < 4.78 is 5.21. The second kappa shape index (κ2) is 25.3. The number of halogens is 2. The number of aliphatic carboxylic acids is 2. The molecule has 11 nitrogen and oxygen atoms in total. The molecule has 0 aromatic heterocycles. The van der Waals surface area contributed by atoms with Crippen LogP contribution >= 0.6 is 23.5 Å². The van der Waals surface area contributed by atoms with Crippen molar-refractivity contribution in [3.63, 3.8) is 0 Å².